The lowest BCUT2D eigenvalue weighted by molar-refractivity contribution is -0.123. The standard InChI is InChI=1S/C10H8O4/c11-7-10(12,8-3-1-5-13-8)9-4-2-6-14-9/h1-7,12H. The summed E-state index contributed by atoms with van der Waals surface area (Å²) < 4.78 is 9.94. The van der Waals surface area contributed by atoms with E-state index in [4.69, 9.17) is 8.83 Å². The van der Waals surface area contributed by atoms with Crippen molar-refractivity contribution in [1.82, 2.24) is 0 Å². The van der Waals surface area contributed by atoms with Crippen LogP contribution in [0.1, 0.15) is 11.5 Å². The van der Waals surface area contributed by atoms with Gasteiger partial charge in [-0.05, 0) is 24.3 Å². The van der Waals surface area contributed by atoms with Crippen molar-refractivity contribution >= 4 is 6.29 Å². The van der Waals surface area contributed by atoms with E-state index in [0.717, 1.165) is 0 Å². The minimum absolute atomic E-state index is 0.141. The Morgan fingerprint density at radius 3 is 1.93 bits per heavy atom. The molecule has 2 aromatic rings. The first-order valence-electron chi connectivity index (χ1n) is 4.04. The monoisotopic (exact) mass is 192 g/mol. The first-order valence-corrected chi connectivity index (χ1v) is 4.04. The zero-order valence-electron chi connectivity index (χ0n) is 7.21. The number of furan rings is 2. The fourth-order valence-electron chi connectivity index (χ4n) is 1.23. The second-order valence-corrected chi connectivity index (χ2v) is 2.84. The SMILES string of the molecule is O=CC(O)(c1ccco1)c1ccco1. The van der Waals surface area contributed by atoms with Gasteiger partial charge in [0.05, 0.1) is 12.5 Å². The highest BCUT2D eigenvalue weighted by atomic mass is 16.4. The van der Waals surface area contributed by atoms with Crippen molar-refractivity contribution in [3.8, 4) is 0 Å². The van der Waals surface area contributed by atoms with E-state index in [9.17, 15) is 9.90 Å². The molecule has 0 radical (unpaired) electrons. The molecule has 2 heterocycles. The van der Waals surface area contributed by atoms with Gasteiger partial charge in [-0.3, -0.25) is 4.79 Å². The quantitative estimate of drug-likeness (QED) is 0.744. The molecule has 72 valence electrons. The molecule has 4 heteroatoms. The highest BCUT2D eigenvalue weighted by Crippen LogP contribution is 2.27. The van der Waals surface area contributed by atoms with Gasteiger partial charge in [-0.15, -0.1) is 0 Å². The Bertz CT molecular complexity index is 365. The number of hydrogen-bond acceptors (Lipinski definition) is 4. The number of aliphatic hydroxyl groups is 1. The summed E-state index contributed by atoms with van der Waals surface area (Å²) in [6.07, 6.45) is 3.14. The Kier molecular flexibility index (Phi) is 1.98. The molecule has 0 aliphatic rings. The van der Waals surface area contributed by atoms with Gasteiger partial charge < -0.3 is 13.9 Å². The average Bonchev–Trinajstić information content (AvgIpc) is 2.88. The van der Waals surface area contributed by atoms with Crippen LogP contribution in [0.5, 0.6) is 0 Å². The van der Waals surface area contributed by atoms with E-state index >= 15 is 0 Å². The number of hydrogen-bond donors (Lipinski definition) is 1. The molecular weight excluding hydrogens is 184 g/mol. The Hall–Kier alpha value is -1.81. The summed E-state index contributed by atoms with van der Waals surface area (Å²) in [5, 5.41) is 9.98. The molecule has 0 spiro atoms. The minimum atomic E-state index is -1.83. The Morgan fingerprint density at radius 1 is 1.14 bits per heavy atom. The molecule has 0 amide bonds. The summed E-state index contributed by atoms with van der Waals surface area (Å²) in [5.41, 5.74) is -1.83. The molecule has 0 saturated heterocycles. The van der Waals surface area contributed by atoms with Crippen LogP contribution in [0.4, 0.5) is 0 Å². The van der Waals surface area contributed by atoms with E-state index in [-0.39, 0.29) is 11.5 Å². The molecule has 2 rings (SSSR count). The van der Waals surface area contributed by atoms with E-state index in [1.807, 2.05) is 0 Å². The molecule has 4 nitrogen and oxygen atoms in total. The van der Waals surface area contributed by atoms with Crippen molar-refractivity contribution in [1.29, 1.82) is 0 Å². The van der Waals surface area contributed by atoms with Crippen molar-refractivity contribution in [2.24, 2.45) is 0 Å². The molecular formula is C10H8O4. The van der Waals surface area contributed by atoms with Gasteiger partial charge in [-0.2, -0.15) is 0 Å². The topological polar surface area (TPSA) is 63.6 Å². The minimum Gasteiger partial charge on any atom is -0.465 e. The van der Waals surface area contributed by atoms with Crippen LogP contribution < -0.4 is 0 Å². The molecule has 0 unspecified atom stereocenters. The summed E-state index contributed by atoms with van der Waals surface area (Å²) in [6, 6.07) is 6.20. The molecule has 0 aliphatic carbocycles. The zero-order valence-corrected chi connectivity index (χ0v) is 7.21. The maximum Gasteiger partial charge on any atom is 0.236 e. The third-order valence-electron chi connectivity index (χ3n) is 1.96. The zero-order chi connectivity index (χ0) is 10.0. The Labute approximate surface area is 79.8 Å². The van der Waals surface area contributed by atoms with Gasteiger partial charge in [0.25, 0.3) is 0 Å². The molecule has 14 heavy (non-hydrogen) atoms. The normalized spacial score (nSPS) is 11.5. The summed E-state index contributed by atoms with van der Waals surface area (Å²) >= 11 is 0. The lowest BCUT2D eigenvalue weighted by Gasteiger charge is -2.15. The van der Waals surface area contributed by atoms with Crippen molar-refractivity contribution in [3.63, 3.8) is 0 Å². The number of rotatable bonds is 3. The third-order valence-corrected chi connectivity index (χ3v) is 1.96. The second kappa shape index (κ2) is 3.16. The van der Waals surface area contributed by atoms with E-state index in [0.29, 0.717) is 6.29 Å². The van der Waals surface area contributed by atoms with Crippen LogP contribution >= 0.6 is 0 Å². The smallest absolute Gasteiger partial charge is 0.236 e. The largest absolute Gasteiger partial charge is 0.465 e. The van der Waals surface area contributed by atoms with Crippen molar-refractivity contribution in [3.05, 3.63) is 48.3 Å². The summed E-state index contributed by atoms with van der Waals surface area (Å²) in [7, 11) is 0. The highest BCUT2D eigenvalue weighted by molar-refractivity contribution is 5.69. The molecule has 0 aromatic carbocycles. The van der Waals surface area contributed by atoms with Gasteiger partial charge in [0.15, 0.2) is 17.8 Å². The van der Waals surface area contributed by atoms with Crippen LogP contribution in [-0.4, -0.2) is 11.4 Å². The summed E-state index contributed by atoms with van der Waals surface area (Å²) in [6.45, 7) is 0. The molecule has 0 aliphatic heterocycles. The average molecular weight is 192 g/mol. The summed E-state index contributed by atoms with van der Waals surface area (Å²) in [4.78, 5) is 10.9. The number of carbonyl (C=O) groups is 1. The first kappa shape index (κ1) is 8.77. The van der Waals surface area contributed by atoms with E-state index < -0.39 is 5.60 Å². The van der Waals surface area contributed by atoms with Gasteiger partial charge in [-0.1, -0.05) is 0 Å². The van der Waals surface area contributed by atoms with Crippen LogP contribution in [0.15, 0.2) is 45.6 Å². The van der Waals surface area contributed by atoms with Crippen LogP contribution in [-0.2, 0) is 10.4 Å². The van der Waals surface area contributed by atoms with E-state index in [1.54, 1.807) is 12.1 Å². The Morgan fingerprint density at radius 2 is 1.64 bits per heavy atom. The fraction of sp³-hybridized carbons (Fsp3) is 0.100. The summed E-state index contributed by atoms with van der Waals surface area (Å²) in [5.74, 6) is 0.282. The molecule has 0 bridgehead atoms. The second-order valence-electron chi connectivity index (χ2n) is 2.84. The van der Waals surface area contributed by atoms with Gasteiger partial charge in [0.2, 0.25) is 5.60 Å². The van der Waals surface area contributed by atoms with Gasteiger partial charge in [0, 0.05) is 0 Å². The maximum absolute atomic E-state index is 10.9. The molecule has 2 aromatic heterocycles. The molecule has 0 fully saturated rings. The molecule has 0 saturated carbocycles. The van der Waals surface area contributed by atoms with Crippen molar-refractivity contribution in [2.45, 2.75) is 5.60 Å². The van der Waals surface area contributed by atoms with Crippen LogP contribution in [0.2, 0.25) is 0 Å². The molecule has 0 atom stereocenters. The van der Waals surface area contributed by atoms with Gasteiger partial charge in [-0.25, -0.2) is 0 Å². The maximum atomic E-state index is 10.9. The highest BCUT2D eigenvalue weighted by Gasteiger charge is 2.37. The van der Waals surface area contributed by atoms with Crippen LogP contribution in [0, 0.1) is 0 Å². The van der Waals surface area contributed by atoms with E-state index in [2.05, 4.69) is 0 Å². The number of aldehydes is 1. The lowest BCUT2D eigenvalue weighted by Crippen LogP contribution is -2.27. The predicted octanol–water partition coefficient (Wildman–Crippen LogP) is 1.31. The predicted molar refractivity (Wildman–Crippen MR) is 46.5 cm³/mol. The van der Waals surface area contributed by atoms with Gasteiger partial charge >= 0.3 is 0 Å². The first-order chi connectivity index (χ1) is 6.77. The third kappa shape index (κ3) is 1.16. The Balaban J connectivity index is 2.51. The van der Waals surface area contributed by atoms with Gasteiger partial charge in [0.1, 0.15) is 0 Å². The molecule has 1 N–H and O–H groups in total. The van der Waals surface area contributed by atoms with E-state index in [1.165, 1.54) is 24.7 Å². The van der Waals surface area contributed by atoms with Crippen LogP contribution in [0.3, 0.4) is 0 Å². The van der Waals surface area contributed by atoms with Crippen LogP contribution in [0.25, 0.3) is 0 Å². The van der Waals surface area contributed by atoms with Crippen molar-refractivity contribution in [2.75, 3.05) is 0 Å². The lowest BCUT2D eigenvalue weighted by atomic mass is 10.00. The van der Waals surface area contributed by atoms with Crippen molar-refractivity contribution < 1.29 is 18.7 Å². The fourth-order valence-corrected chi connectivity index (χ4v) is 1.23. The number of carbonyl (C=O) groups excluding carboxylic acids is 1.